The molecular weight excluding hydrogens is 411 g/mol. The van der Waals surface area contributed by atoms with Crippen molar-refractivity contribution in [3.8, 4) is 0 Å². The minimum atomic E-state index is -4.59. The van der Waals surface area contributed by atoms with Gasteiger partial charge in [-0.3, -0.25) is 4.79 Å². The second-order valence-electron chi connectivity index (χ2n) is 8.25. The smallest absolute Gasteiger partial charge is 0.361 e. The first-order valence-electron chi connectivity index (χ1n) is 10.5. The van der Waals surface area contributed by atoms with E-state index in [0.717, 1.165) is 53.3 Å². The van der Waals surface area contributed by atoms with Gasteiger partial charge in [-0.2, -0.15) is 18.3 Å². The van der Waals surface area contributed by atoms with E-state index >= 15 is 0 Å². The number of carbonyl (C=O) groups excluding carboxylic acids is 1. The lowest BCUT2D eigenvalue weighted by molar-refractivity contribution is -0.142. The van der Waals surface area contributed by atoms with Crippen molar-refractivity contribution in [3.05, 3.63) is 46.2 Å². The fourth-order valence-electron chi connectivity index (χ4n) is 4.45. The van der Waals surface area contributed by atoms with Gasteiger partial charge in [0.15, 0.2) is 11.3 Å². The van der Waals surface area contributed by atoms with Crippen molar-refractivity contribution in [3.63, 3.8) is 0 Å². The number of halogens is 3. The fraction of sp³-hybridized carbons (Fsp3) is 0.524. The summed E-state index contributed by atoms with van der Waals surface area (Å²) in [5.74, 6) is 0.371. The normalized spacial score (nSPS) is 19.5. The molecule has 1 amide bonds. The van der Waals surface area contributed by atoms with E-state index in [2.05, 4.69) is 15.2 Å². The molecule has 3 aromatic heterocycles. The van der Waals surface area contributed by atoms with Gasteiger partial charge in [0.2, 0.25) is 0 Å². The number of fused-ring (bicyclic) bond motifs is 1. The highest BCUT2D eigenvalue weighted by atomic mass is 19.4. The minimum absolute atomic E-state index is 0.0370. The first kappa shape index (κ1) is 20.0. The number of alkyl halides is 3. The molecule has 0 radical (unpaired) electrons. The van der Waals surface area contributed by atoms with E-state index in [1.807, 2.05) is 13.8 Å². The van der Waals surface area contributed by atoms with Crippen molar-refractivity contribution in [2.24, 2.45) is 0 Å². The summed E-state index contributed by atoms with van der Waals surface area (Å²) in [4.78, 5) is 19.3. The molecule has 5 rings (SSSR count). The Balaban J connectivity index is 1.54. The van der Waals surface area contributed by atoms with Crippen LogP contribution in [0.15, 0.2) is 16.7 Å². The third kappa shape index (κ3) is 3.37. The van der Waals surface area contributed by atoms with E-state index in [0.29, 0.717) is 18.7 Å². The predicted molar refractivity (Wildman–Crippen MR) is 104 cm³/mol. The fourth-order valence-corrected chi connectivity index (χ4v) is 4.45. The van der Waals surface area contributed by atoms with Gasteiger partial charge in [0.1, 0.15) is 11.5 Å². The maximum absolute atomic E-state index is 13.7. The van der Waals surface area contributed by atoms with Gasteiger partial charge >= 0.3 is 6.18 Å². The molecule has 164 valence electrons. The van der Waals surface area contributed by atoms with E-state index in [1.165, 1.54) is 6.07 Å². The van der Waals surface area contributed by atoms with Gasteiger partial charge in [-0.1, -0.05) is 12.1 Å². The van der Waals surface area contributed by atoms with Crippen molar-refractivity contribution < 1.29 is 22.5 Å². The number of carbonyl (C=O) groups is 1. The molecule has 0 bridgehead atoms. The van der Waals surface area contributed by atoms with Gasteiger partial charge in [0.25, 0.3) is 5.91 Å². The summed E-state index contributed by atoms with van der Waals surface area (Å²) in [6.45, 7) is 4.29. The standard InChI is InChI=1S/C21H22F3N5O2/c1-3-16-19(11(2)27-31-16)15-5-4-8-28(15)20(30)14-10-18-25-13(12-6-7-12)9-17(21(22,23)24)29(18)26-14/h9-10,12,15H,3-8H2,1-2H3/t15-/m1/s1. The van der Waals surface area contributed by atoms with Crippen LogP contribution in [-0.2, 0) is 12.6 Å². The highest BCUT2D eigenvalue weighted by molar-refractivity contribution is 5.94. The molecular formula is C21H22F3N5O2. The molecule has 1 saturated heterocycles. The first-order chi connectivity index (χ1) is 14.8. The summed E-state index contributed by atoms with van der Waals surface area (Å²) in [5, 5.41) is 8.07. The zero-order valence-electron chi connectivity index (χ0n) is 17.2. The number of hydrogen-bond acceptors (Lipinski definition) is 5. The van der Waals surface area contributed by atoms with Crippen LogP contribution in [0.4, 0.5) is 13.2 Å². The molecule has 0 spiro atoms. The van der Waals surface area contributed by atoms with Crippen LogP contribution in [0.2, 0.25) is 0 Å². The van der Waals surface area contributed by atoms with Gasteiger partial charge in [-0.15, -0.1) is 0 Å². The van der Waals surface area contributed by atoms with Crippen LogP contribution in [0.5, 0.6) is 0 Å². The molecule has 1 saturated carbocycles. The predicted octanol–water partition coefficient (Wildman–Crippen LogP) is 4.46. The van der Waals surface area contributed by atoms with E-state index < -0.39 is 17.8 Å². The molecule has 1 atom stereocenters. The third-order valence-electron chi connectivity index (χ3n) is 6.10. The second-order valence-corrected chi connectivity index (χ2v) is 8.25. The number of amides is 1. The topological polar surface area (TPSA) is 76.5 Å². The van der Waals surface area contributed by atoms with Crippen LogP contribution < -0.4 is 0 Å². The van der Waals surface area contributed by atoms with Crippen LogP contribution in [0, 0.1) is 6.92 Å². The Morgan fingerprint density at radius 3 is 2.71 bits per heavy atom. The van der Waals surface area contributed by atoms with Crippen LogP contribution in [0.3, 0.4) is 0 Å². The maximum atomic E-state index is 13.7. The van der Waals surface area contributed by atoms with E-state index in [-0.39, 0.29) is 23.3 Å². The first-order valence-corrected chi connectivity index (χ1v) is 10.5. The molecule has 2 aliphatic rings. The average molecular weight is 433 g/mol. The van der Waals surface area contributed by atoms with Gasteiger partial charge in [0.05, 0.1) is 11.7 Å². The quantitative estimate of drug-likeness (QED) is 0.607. The Morgan fingerprint density at radius 2 is 2.03 bits per heavy atom. The van der Waals surface area contributed by atoms with Crippen molar-refractivity contribution in [2.75, 3.05) is 6.54 Å². The van der Waals surface area contributed by atoms with Gasteiger partial charge in [-0.05, 0) is 38.7 Å². The van der Waals surface area contributed by atoms with E-state index in [4.69, 9.17) is 4.52 Å². The summed E-state index contributed by atoms with van der Waals surface area (Å²) in [6.07, 6.45) is -0.766. The highest BCUT2D eigenvalue weighted by Gasteiger charge is 2.39. The van der Waals surface area contributed by atoms with Gasteiger partial charge in [0, 0.05) is 36.2 Å². The van der Waals surface area contributed by atoms with Gasteiger partial charge in [-0.25, -0.2) is 9.50 Å². The Kier molecular flexibility index (Phi) is 4.56. The van der Waals surface area contributed by atoms with Crippen LogP contribution in [0.25, 0.3) is 5.65 Å². The molecule has 0 unspecified atom stereocenters. The molecule has 1 aliphatic heterocycles. The molecule has 4 heterocycles. The molecule has 31 heavy (non-hydrogen) atoms. The summed E-state index contributed by atoms with van der Waals surface area (Å²) < 4.78 is 47.1. The lowest BCUT2D eigenvalue weighted by atomic mass is 10.0. The van der Waals surface area contributed by atoms with Crippen LogP contribution >= 0.6 is 0 Å². The Bertz CT molecular complexity index is 1160. The Labute approximate surface area is 176 Å². The molecule has 7 nitrogen and oxygen atoms in total. The monoisotopic (exact) mass is 433 g/mol. The number of hydrogen-bond donors (Lipinski definition) is 0. The highest BCUT2D eigenvalue weighted by Crippen LogP contribution is 2.41. The number of likely N-dealkylation sites (tertiary alicyclic amines) is 1. The summed E-state index contributed by atoms with van der Waals surface area (Å²) in [6, 6.07) is 2.19. The molecule has 1 aliphatic carbocycles. The van der Waals surface area contributed by atoms with Crippen LogP contribution in [0.1, 0.15) is 83.5 Å². The molecule has 2 fully saturated rings. The largest absolute Gasteiger partial charge is 0.433 e. The SMILES string of the molecule is CCc1onc(C)c1[C@H]1CCCN1C(=O)c1cc2nc(C3CC3)cc(C(F)(F)F)n2n1. The Morgan fingerprint density at radius 1 is 1.26 bits per heavy atom. The van der Waals surface area contributed by atoms with Crippen molar-refractivity contribution in [1.82, 2.24) is 24.7 Å². The summed E-state index contributed by atoms with van der Waals surface area (Å²) in [7, 11) is 0. The summed E-state index contributed by atoms with van der Waals surface area (Å²) in [5.41, 5.74) is 1.13. The van der Waals surface area contributed by atoms with Gasteiger partial charge < -0.3 is 9.42 Å². The number of aryl methyl sites for hydroxylation is 2. The molecule has 10 heteroatoms. The van der Waals surface area contributed by atoms with Crippen molar-refractivity contribution >= 4 is 11.6 Å². The number of aromatic nitrogens is 4. The van der Waals surface area contributed by atoms with Crippen LogP contribution in [-0.4, -0.2) is 37.1 Å². The maximum Gasteiger partial charge on any atom is 0.433 e. The van der Waals surface area contributed by atoms with E-state index in [1.54, 1.807) is 4.90 Å². The lowest BCUT2D eigenvalue weighted by Gasteiger charge is -2.24. The number of rotatable bonds is 4. The van der Waals surface area contributed by atoms with Crippen molar-refractivity contribution in [2.45, 2.75) is 64.1 Å². The zero-order chi connectivity index (χ0) is 21.9. The average Bonchev–Trinajstić information content (AvgIpc) is 3.15. The molecule has 3 aromatic rings. The second kappa shape index (κ2) is 7.06. The third-order valence-corrected chi connectivity index (χ3v) is 6.10. The molecule has 0 aromatic carbocycles. The molecule has 0 N–H and O–H groups in total. The van der Waals surface area contributed by atoms with Crippen molar-refractivity contribution in [1.29, 1.82) is 0 Å². The van der Waals surface area contributed by atoms with E-state index in [9.17, 15) is 18.0 Å². The Hall–Kier alpha value is -2.91. The zero-order valence-corrected chi connectivity index (χ0v) is 17.2. The number of nitrogens with zero attached hydrogens (tertiary/aromatic N) is 5. The lowest BCUT2D eigenvalue weighted by Crippen LogP contribution is -2.31. The summed E-state index contributed by atoms with van der Waals surface area (Å²) >= 11 is 0. The minimum Gasteiger partial charge on any atom is -0.361 e.